The van der Waals surface area contributed by atoms with Gasteiger partial charge < -0.3 is 10.2 Å². The molecule has 36 heavy (non-hydrogen) atoms. The highest BCUT2D eigenvalue weighted by Crippen LogP contribution is 2.21. The van der Waals surface area contributed by atoms with E-state index < -0.39 is 6.04 Å². The fourth-order valence-corrected chi connectivity index (χ4v) is 5.25. The molecule has 188 valence electrons. The average Bonchev–Trinajstić information content (AvgIpc) is 2.88. The average molecular weight is 548 g/mol. The molecule has 0 aromatic heterocycles. The molecule has 5 heteroatoms. The summed E-state index contributed by atoms with van der Waals surface area (Å²) in [6.07, 6.45) is 6.27. The number of hydrogen-bond acceptors (Lipinski definition) is 2. The lowest BCUT2D eigenvalue weighted by molar-refractivity contribution is -0.141. The predicted octanol–water partition coefficient (Wildman–Crippen LogP) is 6.39. The van der Waals surface area contributed by atoms with E-state index in [9.17, 15) is 9.59 Å². The molecule has 0 saturated heterocycles. The van der Waals surface area contributed by atoms with Crippen LogP contribution in [0.25, 0.3) is 0 Å². The number of carbonyl (C=O) groups is 2. The van der Waals surface area contributed by atoms with Gasteiger partial charge in [-0.2, -0.15) is 0 Å². The SMILES string of the molecule is Cc1cccc(CC(=O)N(Cc2ccc(Br)cc2)C(Cc2ccccc2)C(=O)NC2CCCCC2)c1. The van der Waals surface area contributed by atoms with Crippen molar-refractivity contribution in [2.75, 3.05) is 0 Å². The number of halogens is 1. The molecule has 1 aliphatic rings. The molecule has 0 bridgehead atoms. The number of amides is 2. The molecule has 0 spiro atoms. The fourth-order valence-electron chi connectivity index (χ4n) is 4.98. The Morgan fingerprint density at radius 1 is 0.889 bits per heavy atom. The van der Waals surface area contributed by atoms with Crippen molar-refractivity contribution in [1.82, 2.24) is 10.2 Å². The lowest BCUT2D eigenvalue weighted by Gasteiger charge is -2.33. The number of aryl methyl sites for hydroxylation is 1. The molecule has 0 heterocycles. The smallest absolute Gasteiger partial charge is 0.243 e. The van der Waals surface area contributed by atoms with Gasteiger partial charge in [-0.05, 0) is 48.6 Å². The standard InChI is InChI=1S/C31H35BrN2O2/c1-23-9-8-12-26(19-23)21-30(35)34(22-25-15-17-27(32)18-16-25)29(20-24-10-4-2-5-11-24)31(36)33-28-13-6-3-7-14-28/h2,4-5,8-12,15-19,28-29H,3,6-7,13-14,20-22H2,1H3,(H,33,36). The second-order valence-corrected chi connectivity index (χ2v) is 10.8. The summed E-state index contributed by atoms with van der Waals surface area (Å²) in [5.74, 6) is -0.0938. The van der Waals surface area contributed by atoms with E-state index in [2.05, 4.69) is 21.2 Å². The first kappa shape index (κ1) is 26.2. The second kappa shape index (κ2) is 12.9. The summed E-state index contributed by atoms with van der Waals surface area (Å²) in [6, 6.07) is 25.6. The first-order valence-corrected chi connectivity index (χ1v) is 13.7. The van der Waals surface area contributed by atoms with E-state index in [4.69, 9.17) is 0 Å². The van der Waals surface area contributed by atoms with Crippen LogP contribution in [0.4, 0.5) is 0 Å². The zero-order valence-electron chi connectivity index (χ0n) is 21.0. The minimum atomic E-state index is -0.588. The van der Waals surface area contributed by atoms with Gasteiger partial charge >= 0.3 is 0 Å². The van der Waals surface area contributed by atoms with Gasteiger partial charge in [0.25, 0.3) is 0 Å². The highest BCUT2D eigenvalue weighted by Gasteiger charge is 2.32. The maximum absolute atomic E-state index is 13.9. The quantitative estimate of drug-likeness (QED) is 0.338. The minimum Gasteiger partial charge on any atom is -0.352 e. The van der Waals surface area contributed by atoms with Crippen LogP contribution in [0, 0.1) is 6.92 Å². The van der Waals surface area contributed by atoms with Crippen LogP contribution in [0.2, 0.25) is 0 Å². The Labute approximate surface area is 223 Å². The molecule has 1 unspecified atom stereocenters. The third kappa shape index (κ3) is 7.54. The van der Waals surface area contributed by atoms with Crippen LogP contribution in [0.3, 0.4) is 0 Å². The molecule has 0 radical (unpaired) electrons. The lowest BCUT2D eigenvalue weighted by Crippen LogP contribution is -2.53. The van der Waals surface area contributed by atoms with E-state index in [0.717, 1.165) is 52.4 Å². The van der Waals surface area contributed by atoms with Gasteiger partial charge in [0, 0.05) is 23.5 Å². The molecule has 1 atom stereocenters. The topological polar surface area (TPSA) is 49.4 Å². The lowest BCUT2D eigenvalue weighted by atomic mass is 9.94. The monoisotopic (exact) mass is 546 g/mol. The van der Waals surface area contributed by atoms with Crippen molar-refractivity contribution in [3.8, 4) is 0 Å². The Hall–Kier alpha value is -2.92. The number of nitrogens with zero attached hydrogens (tertiary/aromatic N) is 1. The summed E-state index contributed by atoms with van der Waals surface area (Å²) in [6.45, 7) is 2.41. The molecule has 4 rings (SSSR count). The van der Waals surface area contributed by atoms with Gasteiger partial charge in [0.2, 0.25) is 11.8 Å². The van der Waals surface area contributed by atoms with Crippen LogP contribution in [-0.2, 0) is 29.0 Å². The maximum atomic E-state index is 13.9. The van der Waals surface area contributed by atoms with Crippen molar-refractivity contribution in [1.29, 1.82) is 0 Å². The summed E-state index contributed by atoms with van der Waals surface area (Å²) >= 11 is 3.50. The molecule has 3 aromatic carbocycles. The summed E-state index contributed by atoms with van der Waals surface area (Å²) in [5.41, 5.74) is 4.13. The van der Waals surface area contributed by atoms with Crippen molar-refractivity contribution < 1.29 is 9.59 Å². The van der Waals surface area contributed by atoms with Crippen molar-refractivity contribution in [3.05, 3.63) is 106 Å². The third-order valence-corrected chi connectivity index (χ3v) is 7.46. The number of hydrogen-bond donors (Lipinski definition) is 1. The van der Waals surface area contributed by atoms with Gasteiger partial charge in [0.05, 0.1) is 6.42 Å². The Kier molecular flexibility index (Phi) is 9.35. The Balaban J connectivity index is 1.65. The summed E-state index contributed by atoms with van der Waals surface area (Å²) in [7, 11) is 0. The molecule has 1 saturated carbocycles. The largest absolute Gasteiger partial charge is 0.352 e. The van der Waals surface area contributed by atoms with Gasteiger partial charge in [-0.3, -0.25) is 9.59 Å². The molecular weight excluding hydrogens is 512 g/mol. The van der Waals surface area contributed by atoms with Crippen LogP contribution in [0.5, 0.6) is 0 Å². The zero-order chi connectivity index (χ0) is 25.3. The number of nitrogens with one attached hydrogen (secondary N) is 1. The van der Waals surface area contributed by atoms with Crippen molar-refractivity contribution >= 4 is 27.7 Å². The second-order valence-electron chi connectivity index (χ2n) is 9.86. The van der Waals surface area contributed by atoms with E-state index in [-0.39, 0.29) is 24.3 Å². The predicted molar refractivity (Wildman–Crippen MR) is 149 cm³/mol. The molecule has 0 aliphatic heterocycles. The highest BCUT2D eigenvalue weighted by molar-refractivity contribution is 9.10. The van der Waals surface area contributed by atoms with E-state index in [1.807, 2.05) is 85.8 Å². The molecule has 2 amide bonds. The van der Waals surface area contributed by atoms with Gasteiger partial charge in [-0.15, -0.1) is 0 Å². The van der Waals surface area contributed by atoms with Gasteiger partial charge in [-0.25, -0.2) is 0 Å². The number of rotatable bonds is 9. The normalized spacial score (nSPS) is 14.7. The minimum absolute atomic E-state index is 0.0387. The summed E-state index contributed by atoms with van der Waals surface area (Å²) in [4.78, 5) is 29.4. The summed E-state index contributed by atoms with van der Waals surface area (Å²) in [5, 5.41) is 3.30. The number of carbonyl (C=O) groups excluding carboxylic acids is 2. The van der Waals surface area contributed by atoms with Crippen LogP contribution in [0.15, 0.2) is 83.3 Å². The van der Waals surface area contributed by atoms with Crippen LogP contribution in [0.1, 0.15) is 54.4 Å². The van der Waals surface area contributed by atoms with Gasteiger partial charge in [0.1, 0.15) is 6.04 Å². The van der Waals surface area contributed by atoms with Crippen molar-refractivity contribution in [3.63, 3.8) is 0 Å². The van der Waals surface area contributed by atoms with Crippen molar-refractivity contribution in [2.45, 2.75) is 70.5 Å². The first-order chi connectivity index (χ1) is 17.5. The molecule has 1 N–H and O–H groups in total. The molecule has 1 aliphatic carbocycles. The fraction of sp³-hybridized carbons (Fsp3) is 0.355. The van der Waals surface area contributed by atoms with Crippen molar-refractivity contribution in [2.24, 2.45) is 0 Å². The van der Waals surface area contributed by atoms with E-state index in [0.29, 0.717) is 13.0 Å². The number of benzene rings is 3. The molecule has 3 aromatic rings. The van der Waals surface area contributed by atoms with E-state index in [1.165, 1.54) is 6.42 Å². The molecular formula is C31H35BrN2O2. The van der Waals surface area contributed by atoms with E-state index in [1.54, 1.807) is 4.90 Å². The van der Waals surface area contributed by atoms with Crippen LogP contribution < -0.4 is 5.32 Å². The molecule has 1 fully saturated rings. The maximum Gasteiger partial charge on any atom is 0.243 e. The van der Waals surface area contributed by atoms with E-state index >= 15 is 0 Å². The third-order valence-electron chi connectivity index (χ3n) is 6.93. The van der Waals surface area contributed by atoms with Gasteiger partial charge in [-0.1, -0.05) is 107 Å². The van der Waals surface area contributed by atoms with Crippen LogP contribution >= 0.6 is 15.9 Å². The zero-order valence-corrected chi connectivity index (χ0v) is 22.5. The Morgan fingerprint density at radius 3 is 2.28 bits per heavy atom. The first-order valence-electron chi connectivity index (χ1n) is 12.9. The highest BCUT2D eigenvalue weighted by atomic mass is 79.9. The summed E-state index contributed by atoms with van der Waals surface area (Å²) < 4.78 is 0.986. The molecule has 4 nitrogen and oxygen atoms in total. The Morgan fingerprint density at radius 2 is 1.58 bits per heavy atom. The van der Waals surface area contributed by atoms with Gasteiger partial charge in [0.15, 0.2) is 0 Å². The Bertz CT molecular complexity index is 1140. The van der Waals surface area contributed by atoms with Crippen LogP contribution in [-0.4, -0.2) is 28.8 Å².